The van der Waals surface area contributed by atoms with Crippen LogP contribution in [0.15, 0.2) is 18.3 Å². The van der Waals surface area contributed by atoms with Crippen LogP contribution >= 0.6 is 0 Å². The number of carbonyl (C=O) groups is 1. The highest BCUT2D eigenvalue weighted by Gasteiger charge is 2.23. The summed E-state index contributed by atoms with van der Waals surface area (Å²) < 4.78 is 15.0. The number of aromatic nitrogens is 2. The van der Waals surface area contributed by atoms with Gasteiger partial charge in [0.2, 0.25) is 0 Å². The molecular formula is C14H17FN4O. The molecule has 20 heavy (non-hydrogen) atoms. The second-order valence-electron chi connectivity index (χ2n) is 5.02. The summed E-state index contributed by atoms with van der Waals surface area (Å²) in [6.07, 6.45) is 2.24. The van der Waals surface area contributed by atoms with Crippen molar-refractivity contribution in [2.45, 2.75) is 13.3 Å². The van der Waals surface area contributed by atoms with Gasteiger partial charge in [0.15, 0.2) is 0 Å². The molecular weight excluding hydrogens is 259 g/mol. The molecule has 2 aromatic rings. The maximum Gasteiger partial charge on any atom is 0.272 e. The van der Waals surface area contributed by atoms with E-state index in [2.05, 4.69) is 10.3 Å². The molecule has 0 aliphatic carbocycles. The molecule has 0 bridgehead atoms. The van der Waals surface area contributed by atoms with Crippen LogP contribution in [0.1, 0.15) is 22.6 Å². The Bertz CT molecular complexity index is 644. The molecule has 6 heteroatoms. The van der Waals surface area contributed by atoms with Crippen LogP contribution in [-0.2, 0) is 0 Å². The van der Waals surface area contributed by atoms with Crippen molar-refractivity contribution in [2.24, 2.45) is 0 Å². The SMILES string of the molecule is Cc1nc2ccc(F)cn2c1C(=O)N1CCCNCC1. The summed E-state index contributed by atoms with van der Waals surface area (Å²) in [6, 6.07) is 2.94. The van der Waals surface area contributed by atoms with E-state index in [9.17, 15) is 9.18 Å². The lowest BCUT2D eigenvalue weighted by Gasteiger charge is -2.20. The molecule has 1 aliphatic rings. The van der Waals surface area contributed by atoms with Crippen LogP contribution in [0.2, 0.25) is 0 Å². The Labute approximate surface area is 116 Å². The summed E-state index contributed by atoms with van der Waals surface area (Å²) in [4.78, 5) is 18.8. The fourth-order valence-corrected chi connectivity index (χ4v) is 2.59. The maximum absolute atomic E-state index is 13.4. The molecule has 5 nitrogen and oxygen atoms in total. The van der Waals surface area contributed by atoms with Crippen molar-refractivity contribution in [1.82, 2.24) is 19.6 Å². The smallest absolute Gasteiger partial charge is 0.272 e. The third-order valence-electron chi connectivity index (χ3n) is 3.59. The quantitative estimate of drug-likeness (QED) is 0.852. The zero-order valence-corrected chi connectivity index (χ0v) is 11.4. The summed E-state index contributed by atoms with van der Waals surface area (Å²) in [5.41, 5.74) is 1.69. The molecule has 0 saturated carbocycles. The number of rotatable bonds is 1. The summed E-state index contributed by atoms with van der Waals surface area (Å²) in [7, 11) is 0. The van der Waals surface area contributed by atoms with Crippen molar-refractivity contribution in [3.8, 4) is 0 Å². The number of hydrogen-bond acceptors (Lipinski definition) is 3. The van der Waals surface area contributed by atoms with Gasteiger partial charge >= 0.3 is 0 Å². The van der Waals surface area contributed by atoms with Crippen LogP contribution in [0.5, 0.6) is 0 Å². The number of pyridine rings is 1. The van der Waals surface area contributed by atoms with E-state index in [1.807, 2.05) is 0 Å². The second-order valence-corrected chi connectivity index (χ2v) is 5.02. The Morgan fingerprint density at radius 2 is 2.20 bits per heavy atom. The molecule has 3 rings (SSSR count). The maximum atomic E-state index is 13.4. The van der Waals surface area contributed by atoms with Gasteiger partial charge in [-0.25, -0.2) is 9.37 Å². The first-order valence-electron chi connectivity index (χ1n) is 6.81. The van der Waals surface area contributed by atoms with Gasteiger partial charge in [0.25, 0.3) is 5.91 Å². The van der Waals surface area contributed by atoms with Gasteiger partial charge in [-0.1, -0.05) is 0 Å². The van der Waals surface area contributed by atoms with Crippen LogP contribution in [0.4, 0.5) is 4.39 Å². The Morgan fingerprint density at radius 3 is 3.05 bits per heavy atom. The number of fused-ring (bicyclic) bond motifs is 1. The average Bonchev–Trinajstić information content (AvgIpc) is 2.63. The zero-order valence-electron chi connectivity index (χ0n) is 11.4. The zero-order chi connectivity index (χ0) is 14.1. The number of nitrogens with one attached hydrogen (secondary N) is 1. The number of nitrogens with zero attached hydrogens (tertiary/aromatic N) is 3. The molecule has 1 saturated heterocycles. The molecule has 1 amide bonds. The lowest BCUT2D eigenvalue weighted by atomic mass is 10.3. The number of halogens is 1. The van der Waals surface area contributed by atoms with Crippen molar-refractivity contribution in [2.75, 3.05) is 26.2 Å². The van der Waals surface area contributed by atoms with E-state index in [0.717, 1.165) is 19.5 Å². The van der Waals surface area contributed by atoms with Crippen LogP contribution in [0.25, 0.3) is 5.65 Å². The molecule has 0 spiro atoms. The molecule has 0 radical (unpaired) electrons. The number of imidazole rings is 1. The Balaban J connectivity index is 2.01. The fraction of sp³-hybridized carbons (Fsp3) is 0.429. The Morgan fingerprint density at radius 1 is 1.35 bits per heavy atom. The first-order valence-corrected chi connectivity index (χ1v) is 6.81. The Hall–Kier alpha value is -1.95. The predicted octanol–water partition coefficient (Wildman–Crippen LogP) is 1.22. The van der Waals surface area contributed by atoms with Gasteiger partial charge in [0.1, 0.15) is 17.2 Å². The summed E-state index contributed by atoms with van der Waals surface area (Å²) in [5.74, 6) is -0.453. The lowest BCUT2D eigenvalue weighted by molar-refractivity contribution is 0.0758. The number of amides is 1. The van der Waals surface area contributed by atoms with Crippen molar-refractivity contribution >= 4 is 11.6 Å². The van der Waals surface area contributed by atoms with Gasteiger partial charge in [0, 0.05) is 25.8 Å². The Kier molecular flexibility index (Phi) is 3.40. The molecule has 0 aromatic carbocycles. The minimum absolute atomic E-state index is 0.0794. The van der Waals surface area contributed by atoms with Crippen LogP contribution < -0.4 is 5.32 Å². The van der Waals surface area contributed by atoms with Gasteiger partial charge in [-0.2, -0.15) is 0 Å². The van der Waals surface area contributed by atoms with Crippen molar-refractivity contribution < 1.29 is 9.18 Å². The molecule has 106 valence electrons. The van der Waals surface area contributed by atoms with Crippen molar-refractivity contribution in [1.29, 1.82) is 0 Å². The van der Waals surface area contributed by atoms with E-state index >= 15 is 0 Å². The van der Waals surface area contributed by atoms with Crippen molar-refractivity contribution in [3.63, 3.8) is 0 Å². The number of hydrogen-bond donors (Lipinski definition) is 1. The average molecular weight is 276 g/mol. The molecule has 0 unspecified atom stereocenters. The lowest BCUT2D eigenvalue weighted by Crippen LogP contribution is -2.35. The number of aryl methyl sites for hydroxylation is 1. The van der Waals surface area contributed by atoms with E-state index in [4.69, 9.17) is 0 Å². The fourth-order valence-electron chi connectivity index (χ4n) is 2.59. The molecule has 1 N–H and O–H groups in total. The molecule has 1 aliphatic heterocycles. The van der Waals surface area contributed by atoms with Crippen molar-refractivity contribution in [3.05, 3.63) is 35.5 Å². The van der Waals surface area contributed by atoms with Gasteiger partial charge in [0.05, 0.1) is 5.69 Å². The predicted molar refractivity (Wildman–Crippen MR) is 73.3 cm³/mol. The van der Waals surface area contributed by atoms with Gasteiger partial charge in [-0.15, -0.1) is 0 Å². The minimum Gasteiger partial charge on any atom is -0.336 e. The van der Waals surface area contributed by atoms with Crippen LogP contribution in [-0.4, -0.2) is 46.4 Å². The van der Waals surface area contributed by atoms with E-state index in [1.165, 1.54) is 12.3 Å². The van der Waals surface area contributed by atoms with Crippen LogP contribution in [0.3, 0.4) is 0 Å². The standard InChI is InChI=1S/C14H17FN4O/c1-10-13(14(20)18-7-2-5-16-6-8-18)19-9-11(15)3-4-12(19)17-10/h3-4,9,16H,2,5-8H2,1H3. The van der Waals surface area contributed by atoms with Crippen LogP contribution in [0, 0.1) is 12.7 Å². The van der Waals surface area contributed by atoms with E-state index in [1.54, 1.807) is 22.3 Å². The molecule has 2 aromatic heterocycles. The summed E-state index contributed by atoms with van der Waals surface area (Å²) in [5, 5.41) is 3.26. The minimum atomic E-state index is -0.374. The largest absolute Gasteiger partial charge is 0.336 e. The monoisotopic (exact) mass is 276 g/mol. The third-order valence-corrected chi connectivity index (χ3v) is 3.59. The molecule has 1 fully saturated rings. The van der Waals surface area contributed by atoms with Gasteiger partial charge in [-0.05, 0) is 32.0 Å². The third kappa shape index (κ3) is 2.27. The highest BCUT2D eigenvalue weighted by molar-refractivity contribution is 5.94. The van der Waals surface area contributed by atoms with Gasteiger partial charge < -0.3 is 10.2 Å². The van der Waals surface area contributed by atoms with E-state index in [-0.39, 0.29) is 11.7 Å². The van der Waals surface area contributed by atoms with Gasteiger partial charge in [-0.3, -0.25) is 9.20 Å². The normalized spacial score (nSPS) is 16.4. The summed E-state index contributed by atoms with van der Waals surface area (Å²) >= 11 is 0. The van der Waals surface area contributed by atoms with E-state index < -0.39 is 0 Å². The molecule has 3 heterocycles. The topological polar surface area (TPSA) is 49.6 Å². The first-order chi connectivity index (χ1) is 9.66. The van der Waals surface area contributed by atoms with E-state index in [0.29, 0.717) is 30.1 Å². The molecule has 0 atom stereocenters. The second kappa shape index (κ2) is 5.20. The highest BCUT2D eigenvalue weighted by Crippen LogP contribution is 2.16. The summed E-state index contributed by atoms with van der Waals surface area (Å²) in [6.45, 7) is 4.88. The highest BCUT2D eigenvalue weighted by atomic mass is 19.1. The number of carbonyl (C=O) groups excluding carboxylic acids is 1. The first kappa shape index (κ1) is 13.1.